The fourth-order valence-electron chi connectivity index (χ4n) is 3.59. The number of rotatable bonds is 8. The van der Waals surface area contributed by atoms with Gasteiger partial charge in [0, 0.05) is 17.1 Å². The van der Waals surface area contributed by atoms with Crippen molar-refractivity contribution in [3.05, 3.63) is 29.3 Å². The van der Waals surface area contributed by atoms with Gasteiger partial charge in [0.05, 0.1) is 0 Å². The molecule has 1 aromatic carbocycles. The summed E-state index contributed by atoms with van der Waals surface area (Å²) in [4.78, 5) is 24.0. The Hall–Kier alpha value is -2.00. The van der Waals surface area contributed by atoms with Crippen molar-refractivity contribution in [3.63, 3.8) is 0 Å². The van der Waals surface area contributed by atoms with Gasteiger partial charge in [-0.2, -0.15) is 13.2 Å². The van der Waals surface area contributed by atoms with E-state index in [1.165, 1.54) is 0 Å². The fourth-order valence-corrected chi connectivity index (χ4v) is 3.71. The SMILES string of the molecule is CC(OCC(=O)N[C@H]1CC(NC(=O)COc2ccc(Cl)cc2)C2CC21)C(F)(F)F. The minimum absolute atomic E-state index is 0.0957. The number of nitrogens with one attached hydrogen (secondary N) is 2. The summed E-state index contributed by atoms with van der Waals surface area (Å²) < 4.78 is 47.2. The van der Waals surface area contributed by atoms with Crippen LogP contribution in [0.4, 0.5) is 13.2 Å². The Balaban J connectivity index is 1.39. The van der Waals surface area contributed by atoms with Crippen LogP contribution in [0.1, 0.15) is 19.8 Å². The highest BCUT2D eigenvalue weighted by Gasteiger charge is 2.55. The number of ether oxygens (including phenoxy) is 2. The van der Waals surface area contributed by atoms with Crippen molar-refractivity contribution in [3.8, 4) is 5.75 Å². The monoisotopic (exact) mass is 434 g/mol. The second-order valence-electron chi connectivity index (χ2n) is 7.38. The minimum Gasteiger partial charge on any atom is -0.484 e. The molecule has 2 saturated carbocycles. The average molecular weight is 435 g/mol. The van der Waals surface area contributed by atoms with Gasteiger partial charge in [0.25, 0.3) is 5.91 Å². The highest BCUT2D eigenvalue weighted by molar-refractivity contribution is 6.30. The first-order valence-electron chi connectivity index (χ1n) is 9.29. The smallest absolute Gasteiger partial charge is 0.414 e. The van der Waals surface area contributed by atoms with Crippen LogP contribution in [0.25, 0.3) is 0 Å². The third-order valence-electron chi connectivity index (χ3n) is 5.23. The van der Waals surface area contributed by atoms with E-state index in [0.29, 0.717) is 17.2 Å². The van der Waals surface area contributed by atoms with Gasteiger partial charge in [-0.05, 0) is 55.9 Å². The maximum atomic E-state index is 12.4. The number of carbonyl (C=O) groups is 2. The molecule has 6 nitrogen and oxygen atoms in total. The molecule has 1 aromatic rings. The molecule has 0 bridgehead atoms. The van der Waals surface area contributed by atoms with Crippen LogP contribution in [0.5, 0.6) is 5.75 Å². The van der Waals surface area contributed by atoms with Crippen molar-refractivity contribution in [1.82, 2.24) is 10.6 Å². The number of carbonyl (C=O) groups excluding carboxylic acids is 2. The van der Waals surface area contributed by atoms with Crippen molar-refractivity contribution in [2.45, 2.75) is 44.1 Å². The molecule has 0 aromatic heterocycles. The number of alkyl halides is 3. The van der Waals surface area contributed by atoms with Gasteiger partial charge >= 0.3 is 6.18 Å². The second-order valence-corrected chi connectivity index (χ2v) is 7.82. The maximum Gasteiger partial charge on any atom is 0.414 e. The molecule has 0 spiro atoms. The van der Waals surface area contributed by atoms with E-state index >= 15 is 0 Å². The predicted octanol–water partition coefficient (Wildman–Crippen LogP) is 2.70. The molecular formula is C19H22ClF3N2O4. The molecule has 0 saturated heterocycles. The average Bonchev–Trinajstić information content (AvgIpc) is 3.38. The van der Waals surface area contributed by atoms with Crippen molar-refractivity contribution in [2.24, 2.45) is 11.8 Å². The summed E-state index contributed by atoms with van der Waals surface area (Å²) in [6.45, 7) is 0.0632. The first kappa shape index (κ1) is 21.7. The summed E-state index contributed by atoms with van der Waals surface area (Å²) in [6, 6.07) is 6.37. The second kappa shape index (κ2) is 8.79. The van der Waals surface area contributed by atoms with Crippen LogP contribution in [0.15, 0.2) is 24.3 Å². The van der Waals surface area contributed by atoms with Crippen LogP contribution in [-0.4, -0.2) is 49.4 Å². The Labute approximate surface area is 171 Å². The van der Waals surface area contributed by atoms with Crippen LogP contribution in [0.2, 0.25) is 5.02 Å². The van der Waals surface area contributed by atoms with Gasteiger partial charge in [-0.15, -0.1) is 0 Å². The molecule has 5 atom stereocenters. The Bertz CT molecular complexity index is 744. The van der Waals surface area contributed by atoms with Crippen LogP contribution in [-0.2, 0) is 14.3 Å². The Kier molecular flexibility index (Phi) is 6.58. The van der Waals surface area contributed by atoms with Crippen LogP contribution in [0.3, 0.4) is 0 Å². The molecule has 4 unspecified atom stereocenters. The highest BCUT2D eigenvalue weighted by atomic mass is 35.5. The number of benzene rings is 1. The predicted molar refractivity (Wildman–Crippen MR) is 98.5 cm³/mol. The summed E-state index contributed by atoms with van der Waals surface area (Å²) >= 11 is 5.79. The molecule has 2 aliphatic rings. The largest absolute Gasteiger partial charge is 0.484 e. The molecule has 2 N–H and O–H groups in total. The van der Waals surface area contributed by atoms with E-state index in [-0.39, 0.29) is 36.4 Å². The molecule has 0 heterocycles. The topological polar surface area (TPSA) is 76.7 Å². The summed E-state index contributed by atoms with van der Waals surface area (Å²) in [5.41, 5.74) is 0. The van der Waals surface area contributed by atoms with E-state index in [1.54, 1.807) is 24.3 Å². The Morgan fingerprint density at radius 2 is 1.62 bits per heavy atom. The van der Waals surface area contributed by atoms with E-state index in [9.17, 15) is 22.8 Å². The van der Waals surface area contributed by atoms with Gasteiger partial charge < -0.3 is 20.1 Å². The lowest BCUT2D eigenvalue weighted by atomic mass is 10.1. The zero-order chi connectivity index (χ0) is 21.2. The first-order valence-corrected chi connectivity index (χ1v) is 9.66. The van der Waals surface area contributed by atoms with E-state index < -0.39 is 24.8 Å². The van der Waals surface area contributed by atoms with Crippen molar-refractivity contribution in [1.29, 1.82) is 0 Å². The quantitative estimate of drug-likeness (QED) is 0.659. The summed E-state index contributed by atoms with van der Waals surface area (Å²) in [6.07, 6.45) is -5.12. The van der Waals surface area contributed by atoms with Crippen LogP contribution >= 0.6 is 11.6 Å². The Morgan fingerprint density at radius 1 is 1.07 bits per heavy atom. The van der Waals surface area contributed by atoms with Gasteiger partial charge in [0.2, 0.25) is 5.91 Å². The number of amides is 2. The third-order valence-corrected chi connectivity index (χ3v) is 5.49. The van der Waals surface area contributed by atoms with Crippen LogP contribution < -0.4 is 15.4 Å². The molecule has 3 rings (SSSR count). The Morgan fingerprint density at radius 3 is 2.17 bits per heavy atom. The number of hydrogen-bond acceptors (Lipinski definition) is 4. The first-order chi connectivity index (χ1) is 13.6. The molecule has 0 radical (unpaired) electrons. The van der Waals surface area contributed by atoms with Crippen molar-refractivity contribution >= 4 is 23.4 Å². The number of hydrogen-bond donors (Lipinski definition) is 2. The highest BCUT2D eigenvalue weighted by Crippen LogP contribution is 2.51. The lowest BCUT2D eigenvalue weighted by Crippen LogP contribution is -2.43. The molecule has 29 heavy (non-hydrogen) atoms. The number of halogens is 4. The standard InChI is InChI=1S/C19H22ClF3N2O4/c1-10(19(21,22)23)28-8-17(26)24-15-7-16(14-6-13(14)15)25-18(27)9-29-12-4-2-11(20)3-5-12/h2-5,10,13-16H,6-9H2,1H3,(H,24,26)(H,25,27)/t10?,13?,14?,15-,16?/m0/s1. The maximum absolute atomic E-state index is 12.4. The fraction of sp³-hybridized carbons (Fsp3) is 0.579. The lowest BCUT2D eigenvalue weighted by Gasteiger charge is -2.20. The van der Waals surface area contributed by atoms with E-state index in [1.807, 2.05) is 0 Å². The van der Waals surface area contributed by atoms with E-state index in [0.717, 1.165) is 13.3 Å². The van der Waals surface area contributed by atoms with Crippen LogP contribution in [0, 0.1) is 11.8 Å². The van der Waals surface area contributed by atoms with Crippen molar-refractivity contribution < 1.29 is 32.2 Å². The van der Waals surface area contributed by atoms with Crippen molar-refractivity contribution in [2.75, 3.05) is 13.2 Å². The molecule has 2 fully saturated rings. The van der Waals surface area contributed by atoms with Gasteiger partial charge in [-0.1, -0.05) is 11.6 Å². The molecule has 0 aliphatic heterocycles. The summed E-state index contributed by atoms with van der Waals surface area (Å²) in [7, 11) is 0. The van der Waals surface area contributed by atoms with Gasteiger partial charge in [0.15, 0.2) is 12.7 Å². The summed E-state index contributed by atoms with van der Waals surface area (Å²) in [5.74, 6) is 0.148. The van der Waals surface area contributed by atoms with E-state index in [4.69, 9.17) is 16.3 Å². The third kappa shape index (κ3) is 5.99. The molecule has 10 heteroatoms. The zero-order valence-corrected chi connectivity index (χ0v) is 16.4. The molecule has 2 aliphatic carbocycles. The molecule has 160 valence electrons. The number of fused-ring (bicyclic) bond motifs is 1. The zero-order valence-electron chi connectivity index (χ0n) is 15.7. The minimum atomic E-state index is -4.50. The molecular weight excluding hydrogens is 413 g/mol. The lowest BCUT2D eigenvalue weighted by molar-refractivity contribution is -0.213. The molecule has 2 amide bonds. The van der Waals surface area contributed by atoms with Gasteiger partial charge in [0.1, 0.15) is 12.4 Å². The van der Waals surface area contributed by atoms with E-state index in [2.05, 4.69) is 15.4 Å². The summed E-state index contributed by atoms with van der Waals surface area (Å²) in [5, 5.41) is 6.19. The van der Waals surface area contributed by atoms with Gasteiger partial charge in [-0.3, -0.25) is 9.59 Å². The normalized spacial score (nSPS) is 26.4. The van der Waals surface area contributed by atoms with Gasteiger partial charge in [-0.25, -0.2) is 0 Å².